The Balaban J connectivity index is 4.05. The van der Waals surface area contributed by atoms with Gasteiger partial charge in [-0.1, -0.05) is 170 Å². The second kappa shape index (κ2) is 35.3. The molecule has 280 valence electrons. The molecule has 0 aromatic carbocycles. The molecule has 0 saturated heterocycles. The van der Waals surface area contributed by atoms with Gasteiger partial charge in [-0.25, -0.2) is 0 Å². The summed E-state index contributed by atoms with van der Waals surface area (Å²) in [5, 5.41) is 13.2. The van der Waals surface area contributed by atoms with Gasteiger partial charge in [-0.05, 0) is 64.2 Å². The summed E-state index contributed by atoms with van der Waals surface area (Å²) >= 11 is 0. The minimum Gasteiger partial charge on any atom is -0.391 e. The average Bonchev–Trinajstić information content (AvgIpc) is 3.06. The molecule has 0 radical (unpaired) electrons. The molecule has 2 atom stereocenters. The predicted molar refractivity (Wildman–Crippen MR) is 211 cm³/mol. The predicted octanol–water partition coefficient (Wildman–Crippen LogP) is 11.2. The molecule has 1 amide bonds. The van der Waals surface area contributed by atoms with Crippen molar-refractivity contribution in [3.05, 3.63) is 85.1 Å². The van der Waals surface area contributed by atoms with Gasteiger partial charge in [-0.3, -0.25) is 9.35 Å². The lowest BCUT2D eigenvalue weighted by Crippen LogP contribution is -2.47. The second-order valence-corrected chi connectivity index (χ2v) is 14.3. The third-order valence-electron chi connectivity index (χ3n) is 8.11. The maximum absolute atomic E-state index is 12.5. The zero-order chi connectivity index (χ0) is 36.1. The Morgan fingerprint density at radius 1 is 0.571 bits per heavy atom. The van der Waals surface area contributed by atoms with Gasteiger partial charge in [-0.15, -0.1) is 0 Å². The number of allylic oxidation sites excluding steroid dienone is 14. The lowest BCUT2D eigenvalue weighted by molar-refractivity contribution is -0.122. The van der Waals surface area contributed by atoms with Crippen molar-refractivity contribution in [2.45, 2.75) is 167 Å². The fraction of sp³-hybridized carbons (Fsp3) is 0.643. The van der Waals surface area contributed by atoms with E-state index in [9.17, 15) is 22.9 Å². The topological polar surface area (TPSA) is 104 Å². The zero-order valence-corrected chi connectivity index (χ0v) is 31.8. The van der Waals surface area contributed by atoms with E-state index < -0.39 is 28.0 Å². The minimum absolute atomic E-state index is 0.234. The molecule has 0 saturated carbocycles. The number of unbranched alkanes of at least 4 members (excludes halogenated alkanes) is 11. The van der Waals surface area contributed by atoms with Crippen molar-refractivity contribution in [1.29, 1.82) is 0 Å². The first-order valence-corrected chi connectivity index (χ1v) is 20.9. The molecule has 2 unspecified atom stereocenters. The molecule has 0 heterocycles. The van der Waals surface area contributed by atoms with Crippen molar-refractivity contribution >= 4 is 16.0 Å². The first kappa shape index (κ1) is 46.5. The van der Waals surface area contributed by atoms with Crippen LogP contribution in [0.25, 0.3) is 0 Å². The molecular weight excluding hydrogens is 631 g/mol. The van der Waals surface area contributed by atoms with Gasteiger partial charge in [0.05, 0.1) is 17.9 Å². The summed E-state index contributed by atoms with van der Waals surface area (Å²) in [5.74, 6) is -0.985. The molecule has 0 aliphatic rings. The van der Waals surface area contributed by atoms with Gasteiger partial charge < -0.3 is 10.4 Å². The molecule has 7 heteroatoms. The van der Waals surface area contributed by atoms with Crippen LogP contribution >= 0.6 is 0 Å². The largest absolute Gasteiger partial charge is 0.391 e. The van der Waals surface area contributed by atoms with E-state index >= 15 is 0 Å². The van der Waals surface area contributed by atoms with Crippen molar-refractivity contribution in [2.24, 2.45) is 0 Å². The van der Waals surface area contributed by atoms with Crippen molar-refractivity contribution in [3.63, 3.8) is 0 Å². The minimum atomic E-state index is -4.33. The summed E-state index contributed by atoms with van der Waals surface area (Å²) in [5.41, 5.74) is 0. The molecule has 0 aliphatic carbocycles. The second-order valence-electron chi connectivity index (χ2n) is 12.8. The molecule has 0 aliphatic heterocycles. The number of aliphatic hydroxyl groups excluding tert-OH is 1. The van der Waals surface area contributed by atoms with Crippen molar-refractivity contribution in [1.82, 2.24) is 5.32 Å². The van der Waals surface area contributed by atoms with Crippen LogP contribution in [0.1, 0.15) is 155 Å². The van der Waals surface area contributed by atoms with Gasteiger partial charge >= 0.3 is 0 Å². The quantitative estimate of drug-likeness (QED) is 0.0359. The Morgan fingerprint density at radius 3 is 1.37 bits per heavy atom. The fourth-order valence-corrected chi connectivity index (χ4v) is 6.02. The standard InChI is InChI=1S/C42H71NO5S/c1-3-5-7-9-11-13-15-16-17-18-19-20-21-22-23-24-25-26-28-30-32-34-36-38-42(45)43-40(39-49(46,47)48)41(44)37-35-33-31-29-27-14-12-10-8-6-4-2/h5,7,11,13,16-17,19-20,22-23,25-26,30,32,40-41,44H,3-4,6,8-10,12,14-15,18,21,24,27-29,31,33-39H2,1-2H3,(H,43,45)(H,46,47,48)/b7-5-,13-11-,17-16-,20-19-,23-22-,26-25-,32-30-. The highest BCUT2D eigenvalue weighted by molar-refractivity contribution is 7.85. The normalized spacial score (nSPS) is 14.3. The van der Waals surface area contributed by atoms with Crippen molar-refractivity contribution in [2.75, 3.05) is 5.75 Å². The molecule has 6 nitrogen and oxygen atoms in total. The maximum atomic E-state index is 12.5. The molecule has 3 N–H and O–H groups in total. The van der Waals surface area contributed by atoms with Crippen LogP contribution in [0.3, 0.4) is 0 Å². The van der Waals surface area contributed by atoms with Crippen LogP contribution in [-0.4, -0.2) is 41.9 Å². The number of carbonyl (C=O) groups excluding carboxylic acids is 1. The summed E-state index contributed by atoms with van der Waals surface area (Å²) in [7, 11) is -4.33. The van der Waals surface area contributed by atoms with Crippen LogP contribution in [-0.2, 0) is 14.9 Å². The number of aliphatic hydroxyl groups is 1. The Hall–Kier alpha value is -2.48. The lowest BCUT2D eigenvalue weighted by atomic mass is 10.0. The molecule has 0 aromatic heterocycles. The van der Waals surface area contributed by atoms with Crippen LogP contribution in [0.4, 0.5) is 0 Å². The van der Waals surface area contributed by atoms with E-state index in [1.807, 2.05) is 6.08 Å². The van der Waals surface area contributed by atoms with E-state index in [1.165, 1.54) is 51.4 Å². The first-order chi connectivity index (χ1) is 23.8. The van der Waals surface area contributed by atoms with Crippen molar-refractivity contribution in [3.8, 4) is 0 Å². The number of carbonyl (C=O) groups is 1. The number of hydrogen-bond donors (Lipinski definition) is 3. The number of nitrogens with one attached hydrogen (secondary N) is 1. The van der Waals surface area contributed by atoms with Crippen LogP contribution in [0, 0.1) is 0 Å². The highest BCUT2D eigenvalue weighted by Gasteiger charge is 2.25. The summed E-state index contributed by atoms with van der Waals surface area (Å²) in [6.45, 7) is 4.38. The first-order valence-electron chi connectivity index (χ1n) is 19.3. The Labute approximate surface area is 301 Å². The smallest absolute Gasteiger partial charge is 0.266 e. The summed E-state index contributed by atoms with van der Waals surface area (Å²) in [4.78, 5) is 12.5. The fourth-order valence-electron chi connectivity index (χ4n) is 5.26. The van der Waals surface area contributed by atoms with Gasteiger partial charge in [0.2, 0.25) is 5.91 Å². The third-order valence-corrected chi connectivity index (χ3v) is 8.89. The van der Waals surface area contributed by atoms with Crippen LogP contribution in [0.5, 0.6) is 0 Å². The molecular formula is C42H71NO5S. The summed E-state index contributed by atoms with van der Waals surface area (Å²) < 4.78 is 32.4. The van der Waals surface area contributed by atoms with E-state index in [0.717, 1.165) is 70.6 Å². The van der Waals surface area contributed by atoms with E-state index in [2.05, 4.69) is 98.2 Å². The number of hydrogen-bond acceptors (Lipinski definition) is 4. The van der Waals surface area contributed by atoms with Gasteiger partial charge in [0, 0.05) is 6.42 Å². The van der Waals surface area contributed by atoms with Gasteiger partial charge in [0.1, 0.15) is 0 Å². The monoisotopic (exact) mass is 702 g/mol. The van der Waals surface area contributed by atoms with Gasteiger partial charge in [-0.2, -0.15) is 8.42 Å². The molecule has 0 spiro atoms. The van der Waals surface area contributed by atoms with Crippen LogP contribution < -0.4 is 5.32 Å². The zero-order valence-electron chi connectivity index (χ0n) is 31.0. The van der Waals surface area contributed by atoms with Gasteiger partial charge in [0.25, 0.3) is 10.1 Å². The maximum Gasteiger partial charge on any atom is 0.266 e. The molecule has 49 heavy (non-hydrogen) atoms. The highest BCUT2D eigenvalue weighted by atomic mass is 32.2. The average molecular weight is 702 g/mol. The highest BCUT2D eigenvalue weighted by Crippen LogP contribution is 2.14. The van der Waals surface area contributed by atoms with E-state index in [0.29, 0.717) is 12.8 Å². The van der Waals surface area contributed by atoms with Crippen LogP contribution in [0.2, 0.25) is 0 Å². The number of amides is 1. The third kappa shape index (κ3) is 36.6. The Morgan fingerprint density at radius 2 is 0.959 bits per heavy atom. The van der Waals surface area contributed by atoms with Crippen molar-refractivity contribution < 1.29 is 22.9 Å². The Kier molecular flexibility index (Phi) is 33.6. The SMILES string of the molecule is CC/C=C\C/C=C\C/C=C\C/C=C\C/C=C\C/C=C\C/C=C\CCCC(=O)NC(CS(=O)(=O)O)C(O)CCCCCCCCCCCCC. The summed E-state index contributed by atoms with van der Waals surface area (Å²) in [6.07, 6.45) is 51.1. The molecule has 0 aromatic rings. The Bertz CT molecular complexity index is 1080. The lowest BCUT2D eigenvalue weighted by Gasteiger charge is -2.23. The molecule has 0 bridgehead atoms. The number of rotatable bonds is 33. The summed E-state index contributed by atoms with van der Waals surface area (Å²) in [6, 6.07) is -1.01. The van der Waals surface area contributed by atoms with Gasteiger partial charge in [0.15, 0.2) is 0 Å². The van der Waals surface area contributed by atoms with E-state index in [1.54, 1.807) is 0 Å². The molecule has 0 rings (SSSR count). The van der Waals surface area contributed by atoms with E-state index in [4.69, 9.17) is 0 Å². The molecule has 0 fully saturated rings. The van der Waals surface area contributed by atoms with E-state index in [-0.39, 0.29) is 12.3 Å². The van der Waals surface area contributed by atoms with Crippen LogP contribution in [0.15, 0.2) is 85.1 Å².